The summed E-state index contributed by atoms with van der Waals surface area (Å²) in [5.41, 5.74) is 3.53. The summed E-state index contributed by atoms with van der Waals surface area (Å²) in [6, 6.07) is 15.6. The number of carbonyl (C=O) groups is 2. The van der Waals surface area contributed by atoms with Crippen LogP contribution in [0.15, 0.2) is 48.5 Å². The zero-order chi connectivity index (χ0) is 28.0. The molecule has 0 aliphatic rings. The molecule has 0 amide bonds. The van der Waals surface area contributed by atoms with Gasteiger partial charge in [-0.05, 0) is 24.3 Å². The quantitative estimate of drug-likeness (QED) is 0.0822. The number of carbonyl (C=O) groups excluding carboxylic acids is 2. The maximum Gasteiger partial charge on any atom is 0.152 e. The summed E-state index contributed by atoms with van der Waals surface area (Å²) >= 11 is 0. The van der Waals surface area contributed by atoms with Crippen molar-refractivity contribution in [2.75, 3.05) is 103 Å². The van der Waals surface area contributed by atoms with Gasteiger partial charge in [-0.25, -0.2) is 0 Å². The number of nitrogens with zero attached hydrogens (tertiary/aromatic N) is 4. The smallest absolute Gasteiger partial charge is 0.152 e. The van der Waals surface area contributed by atoms with E-state index in [2.05, 4.69) is 52.1 Å². The van der Waals surface area contributed by atoms with Crippen molar-refractivity contribution in [1.82, 2.24) is 0 Å². The Morgan fingerprint density at radius 1 is 0.625 bits per heavy atom. The van der Waals surface area contributed by atoms with Crippen molar-refractivity contribution in [3.8, 4) is 0 Å². The zero-order valence-corrected chi connectivity index (χ0v) is 29.8. The molecule has 0 aliphatic heterocycles. The summed E-state index contributed by atoms with van der Waals surface area (Å²) in [6.45, 7) is 6.43. The summed E-state index contributed by atoms with van der Waals surface area (Å²) in [7, 11) is 17.4. The Morgan fingerprint density at radius 2 is 0.975 bits per heavy atom. The lowest BCUT2D eigenvalue weighted by Gasteiger charge is -2.31. The lowest BCUT2D eigenvalue weighted by atomic mass is 10.2. The molecule has 6 nitrogen and oxygen atoms in total. The third kappa shape index (κ3) is 14.2. The molecule has 0 saturated heterocycles. The van der Waals surface area contributed by atoms with Crippen LogP contribution in [0.1, 0.15) is 33.6 Å². The SMILES string of the molecule is CN(CCC[N+](C)(C)CCSSCC[N+](C)(C)CCCN(C)c1ccccc1C=O)c1ccccc1C=O.[Br-].[Br-]. The molecule has 0 saturated carbocycles. The van der Waals surface area contributed by atoms with Gasteiger partial charge in [0.05, 0.1) is 65.9 Å². The molecule has 2 aromatic carbocycles. The Labute approximate surface area is 272 Å². The Hall–Kier alpha value is -1.04. The molecule has 2 rings (SSSR count). The second-order valence-corrected chi connectivity index (χ2v) is 14.0. The summed E-state index contributed by atoms with van der Waals surface area (Å²) in [5.74, 6) is 2.30. The average molecular weight is 721 g/mol. The molecule has 0 heterocycles. The van der Waals surface area contributed by atoms with Gasteiger partial charge in [-0.3, -0.25) is 9.59 Å². The fourth-order valence-electron chi connectivity index (χ4n) is 4.49. The molecule has 0 radical (unpaired) electrons. The van der Waals surface area contributed by atoms with Crippen molar-refractivity contribution in [3.05, 3.63) is 59.7 Å². The van der Waals surface area contributed by atoms with Gasteiger partial charge in [0.2, 0.25) is 0 Å². The fourth-order valence-corrected chi connectivity index (χ4v) is 7.02. The van der Waals surface area contributed by atoms with E-state index in [4.69, 9.17) is 0 Å². The van der Waals surface area contributed by atoms with Crippen LogP contribution in [0.25, 0.3) is 0 Å². The largest absolute Gasteiger partial charge is 1.00 e. The monoisotopic (exact) mass is 718 g/mol. The number of para-hydroxylation sites is 2. The minimum absolute atomic E-state index is 0. The van der Waals surface area contributed by atoms with E-state index in [0.717, 1.165) is 108 Å². The number of benzene rings is 2. The van der Waals surface area contributed by atoms with Crippen LogP contribution < -0.4 is 43.8 Å². The van der Waals surface area contributed by atoms with Crippen LogP contribution in [0.2, 0.25) is 0 Å². The number of hydrogen-bond acceptors (Lipinski definition) is 6. The van der Waals surface area contributed by atoms with Gasteiger partial charge in [0, 0.05) is 62.5 Å². The van der Waals surface area contributed by atoms with E-state index in [-0.39, 0.29) is 34.0 Å². The first-order valence-electron chi connectivity index (χ1n) is 13.5. The first-order valence-corrected chi connectivity index (χ1v) is 16.0. The van der Waals surface area contributed by atoms with Gasteiger partial charge in [-0.15, -0.1) is 0 Å². The van der Waals surface area contributed by atoms with Crippen molar-refractivity contribution in [1.29, 1.82) is 0 Å². The van der Waals surface area contributed by atoms with E-state index < -0.39 is 0 Å². The maximum atomic E-state index is 11.3. The first kappa shape index (κ1) is 39.0. The highest BCUT2D eigenvalue weighted by Gasteiger charge is 2.18. The van der Waals surface area contributed by atoms with E-state index in [9.17, 15) is 9.59 Å². The molecule has 0 fully saturated rings. The summed E-state index contributed by atoms with van der Waals surface area (Å²) in [5, 5.41) is 0. The van der Waals surface area contributed by atoms with Crippen LogP contribution in [-0.4, -0.2) is 115 Å². The van der Waals surface area contributed by atoms with Crippen molar-refractivity contribution in [2.45, 2.75) is 12.8 Å². The van der Waals surface area contributed by atoms with E-state index in [0.29, 0.717) is 0 Å². The highest BCUT2D eigenvalue weighted by molar-refractivity contribution is 8.76. The minimum atomic E-state index is 0. The topological polar surface area (TPSA) is 40.6 Å². The molecule has 40 heavy (non-hydrogen) atoms. The zero-order valence-electron chi connectivity index (χ0n) is 25.0. The van der Waals surface area contributed by atoms with Crippen molar-refractivity contribution < 1.29 is 52.5 Å². The van der Waals surface area contributed by atoms with Crippen LogP contribution in [0.3, 0.4) is 0 Å². The van der Waals surface area contributed by atoms with Crippen molar-refractivity contribution in [3.63, 3.8) is 0 Å². The van der Waals surface area contributed by atoms with Gasteiger partial charge in [0.1, 0.15) is 0 Å². The molecule has 226 valence electrons. The highest BCUT2D eigenvalue weighted by atomic mass is 79.9. The second kappa shape index (κ2) is 20.0. The number of quaternary nitrogens is 2. The van der Waals surface area contributed by atoms with E-state index >= 15 is 0 Å². The van der Waals surface area contributed by atoms with Crippen LogP contribution in [0.5, 0.6) is 0 Å². The number of anilines is 2. The van der Waals surface area contributed by atoms with Gasteiger partial charge in [0.25, 0.3) is 0 Å². The third-order valence-corrected chi connectivity index (χ3v) is 9.47. The van der Waals surface area contributed by atoms with E-state index in [1.165, 1.54) is 0 Å². The Balaban J connectivity index is 0.00000760. The first-order chi connectivity index (χ1) is 18.1. The van der Waals surface area contributed by atoms with Crippen LogP contribution >= 0.6 is 21.6 Å². The summed E-state index contributed by atoms with van der Waals surface area (Å²) in [6.07, 6.45) is 4.07. The molecule has 0 aromatic heterocycles. The third-order valence-electron chi connectivity index (χ3n) is 7.11. The highest BCUT2D eigenvalue weighted by Crippen LogP contribution is 2.23. The summed E-state index contributed by atoms with van der Waals surface area (Å²) in [4.78, 5) is 27.0. The molecule has 0 bridgehead atoms. The molecule has 10 heteroatoms. The van der Waals surface area contributed by atoms with Crippen molar-refractivity contribution >= 4 is 45.5 Å². The van der Waals surface area contributed by atoms with Crippen molar-refractivity contribution in [2.24, 2.45) is 0 Å². The van der Waals surface area contributed by atoms with Gasteiger partial charge in [-0.2, -0.15) is 0 Å². The van der Waals surface area contributed by atoms with Crippen LogP contribution in [0.4, 0.5) is 11.4 Å². The standard InChI is InChI=1S/C30H48N4O2S2.2BrH/c1-31(29-15-9-7-13-27(29)25-35)17-11-19-33(3,4)21-23-37-38-24-22-34(5,6)20-12-18-32(2)30-16-10-8-14-28(30)26-36;;/h7-10,13-16,25-26H,11-12,17-24H2,1-6H3;2*1H/q+2;;/p-2. The molecule has 0 N–H and O–H groups in total. The van der Waals surface area contributed by atoms with Gasteiger partial charge in [0.15, 0.2) is 12.6 Å². The Kier molecular flexibility index (Phi) is 19.4. The molecule has 0 spiro atoms. The van der Waals surface area contributed by atoms with Crippen LogP contribution in [-0.2, 0) is 0 Å². The molecule has 0 atom stereocenters. The lowest BCUT2D eigenvalue weighted by molar-refractivity contribution is -0.887. The number of hydrogen-bond donors (Lipinski definition) is 0. The predicted molar refractivity (Wildman–Crippen MR) is 168 cm³/mol. The summed E-state index contributed by atoms with van der Waals surface area (Å²) < 4.78 is 2.03. The lowest BCUT2D eigenvalue weighted by Crippen LogP contribution is -3.00. The molecule has 2 aromatic rings. The average Bonchev–Trinajstić information content (AvgIpc) is 2.90. The van der Waals surface area contributed by atoms with Gasteiger partial charge in [-0.1, -0.05) is 45.9 Å². The second-order valence-electron chi connectivity index (χ2n) is 11.3. The number of aldehydes is 2. The van der Waals surface area contributed by atoms with Crippen LogP contribution in [0, 0.1) is 0 Å². The minimum Gasteiger partial charge on any atom is -1.00 e. The van der Waals surface area contributed by atoms with E-state index in [1.54, 1.807) is 0 Å². The molecule has 0 unspecified atom stereocenters. The maximum absolute atomic E-state index is 11.3. The fraction of sp³-hybridized carbons (Fsp3) is 0.533. The number of halogens is 2. The van der Waals surface area contributed by atoms with E-state index in [1.807, 2.05) is 70.1 Å². The normalized spacial score (nSPS) is 11.2. The molecular formula is C30H48Br2N4O2S2. The molecular weight excluding hydrogens is 672 g/mol. The van der Waals surface area contributed by atoms with Gasteiger partial charge < -0.3 is 52.7 Å². The number of rotatable bonds is 19. The predicted octanol–water partition coefficient (Wildman–Crippen LogP) is -0.793. The van der Waals surface area contributed by atoms with Gasteiger partial charge >= 0.3 is 0 Å². The molecule has 0 aliphatic carbocycles. The Bertz CT molecular complexity index is 932. The Morgan fingerprint density at radius 3 is 1.32 bits per heavy atom.